The van der Waals surface area contributed by atoms with Crippen LogP contribution in [0.5, 0.6) is 0 Å². The summed E-state index contributed by atoms with van der Waals surface area (Å²) in [5, 5.41) is 10.00. The number of benzene rings is 1. The van der Waals surface area contributed by atoms with Crippen molar-refractivity contribution >= 4 is 29.0 Å². The molecule has 0 saturated carbocycles. The lowest BCUT2D eigenvalue weighted by Gasteiger charge is -2.27. The van der Waals surface area contributed by atoms with Crippen molar-refractivity contribution in [2.75, 3.05) is 41.8 Å². The summed E-state index contributed by atoms with van der Waals surface area (Å²) in [5.41, 5.74) is 2.19. The molecule has 0 spiro atoms. The molecule has 3 heterocycles. The standard InChI is InChI=1S/C21H23N7O3/c1-14-13-18(25-21(22-14)28-9-11-31-12-10-28)23-15-3-5-16(6-4-15)24-20(30)17-7-8-19(29)27(2)26-17/h3-8,13H,9-12H2,1-2H3,(H,24,30)(H,22,23,25). The van der Waals surface area contributed by atoms with Crippen LogP contribution in [0.2, 0.25) is 0 Å². The third kappa shape index (κ3) is 5.04. The molecule has 2 N–H and O–H groups in total. The highest BCUT2D eigenvalue weighted by atomic mass is 16.5. The lowest BCUT2D eigenvalue weighted by Crippen LogP contribution is -2.37. The second-order valence-electron chi connectivity index (χ2n) is 7.13. The van der Waals surface area contributed by atoms with Gasteiger partial charge in [-0.25, -0.2) is 9.67 Å². The lowest BCUT2D eigenvalue weighted by atomic mass is 10.2. The fourth-order valence-electron chi connectivity index (χ4n) is 3.13. The van der Waals surface area contributed by atoms with Crippen molar-refractivity contribution in [2.45, 2.75) is 6.92 Å². The van der Waals surface area contributed by atoms with E-state index in [0.29, 0.717) is 30.7 Å². The minimum absolute atomic E-state index is 0.163. The first-order chi connectivity index (χ1) is 15.0. The maximum Gasteiger partial charge on any atom is 0.276 e. The molecule has 1 amide bonds. The van der Waals surface area contributed by atoms with E-state index in [2.05, 4.69) is 30.6 Å². The number of morpholine rings is 1. The summed E-state index contributed by atoms with van der Waals surface area (Å²) >= 11 is 0. The zero-order valence-electron chi connectivity index (χ0n) is 17.3. The van der Waals surface area contributed by atoms with Gasteiger partial charge in [0.2, 0.25) is 5.95 Å². The maximum absolute atomic E-state index is 12.3. The number of rotatable bonds is 5. The number of ether oxygens (including phenoxy) is 1. The number of anilines is 4. The average Bonchev–Trinajstić information content (AvgIpc) is 2.77. The number of aromatic nitrogens is 4. The Morgan fingerprint density at radius 2 is 1.74 bits per heavy atom. The van der Waals surface area contributed by atoms with Gasteiger partial charge in [-0.2, -0.15) is 10.1 Å². The molecule has 4 rings (SSSR count). The Morgan fingerprint density at radius 3 is 2.45 bits per heavy atom. The number of amides is 1. The number of hydrogen-bond donors (Lipinski definition) is 2. The van der Waals surface area contributed by atoms with E-state index < -0.39 is 5.91 Å². The highest BCUT2D eigenvalue weighted by molar-refractivity contribution is 6.02. The van der Waals surface area contributed by atoms with Gasteiger partial charge in [-0.05, 0) is 37.3 Å². The molecule has 160 valence electrons. The zero-order valence-corrected chi connectivity index (χ0v) is 17.3. The minimum atomic E-state index is -0.391. The van der Waals surface area contributed by atoms with E-state index >= 15 is 0 Å². The van der Waals surface area contributed by atoms with E-state index in [1.165, 1.54) is 19.2 Å². The topological polar surface area (TPSA) is 114 Å². The number of carbonyl (C=O) groups excluding carboxylic acids is 1. The number of hydrogen-bond acceptors (Lipinski definition) is 8. The molecule has 3 aromatic rings. The smallest absolute Gasteiger partial charge is 0.276 e. The average molecular weight is 421 g/mol. The van der Waals surface area contributed by atoms with Gasteiger partial charge in [0.05, 0.1) is 13.2 Å². The Hall–Kier alpha value is -3.79. The fourth-order valence-corrected chi connectivity index (χ4v) is 3.13. The SMILES string of the molecule is Cc1cc(Nc2ccc(NC(=O)c3ccc(=O)n(C)n3)cc2)nc(N2CCOCC2)n1. The number of aryl methyl sites for hydroxylation is 2. The summed E-state index contributed by atoms with van der Waals surface area (Å²) in [6.07, 6.45) is 0. The molecule has 10 nitrogen and oxygen atoms in total. The monoisotopic (exact) mass is 421 g/mol. The zero-order chi connectivity index (χ0) is 21.8. The van der Waals surface area contributed by atoms with Crippen molar-refractivity contribution in [1.82, 2.24) is 19.7 Å². The number of nitrogens with zero attached hydrogens (tertiary/aromatic N) is 5. The molecule has 10 heteroatoms. The lowest BCUT2D eigenvalue weighted by molar-refractivity contribution is 0.102. The summed E-state index contributed by atoms with van der Waals surface area (Å²) < 4.78 is 6.52. The van der Waals surface area contributed by atoms with Crippen molar-refractivity contribution in [3.8, 4) is 0 Å². The van der Waals surface area contributed by atoms with Gasteiger partial charge in [-0.3, -0.25) is 9.59 Å². The van der Waals surface area contributed by atoms with E-state index in [-0.39, 0.29) is 11.3 Å². The molecular formula is C21H23N7O3. The van der Waals surface area contributed by atoms with Crippen LogP contribution in [0.25, 0.3) is 0 Å². The predicted octanol–water partition coefficient (Wildman–Crippen LogP) is 1.71. The van der Waals surface area contributed by atoms with Crippen LogP contribution >= 0.6 is 0 Å². The molecule has 0 bridgehead atoms. The van der Waals surface area contributed by atoms with E-state index in [1.54, 1.807) is 12.1 Å². The van der Waals surface area contributed by atoms with Crippen LogP contribution in [0, 0.1) is 6.92 Å². The summed E-state index contributed by atoms with van der Waals surface area (Å²) in [6, 6.07) is 11.8. The first-order valence-electron chi connectivity index (χ1n) is 9.89. The molecule has 0 atom stereocenters. The van der Waals surface area contributed by atoms with E-state index in [0.717, 1.165) is 29.2 Å². The quantitative estimate of drug-likeness (QED) is 0.640. The third-order valence-corrected chi connectivity index (χ3v) is 4.74. The number of carbonyl (C=O) groups is 1. The van der Waals surface area contributed by atoms with Gasteiger partial charge < -0.3 is 20.3 Å². The second-order valence-corrected chi connectivity index (χ2v) is 7.13. The molecule has 1 aliphatic rings. The summed E-state index contributed by atoms with van der Waals surface area (Å²) in [5.74, 6) is 0.984. The van der Waals surface area contributed by atoms with Crippen LogP contribution in [0.4, 0.5) is 23.1 Å². The molecule has 1 aromatic carbocycles. The summed E-state index contributed by atoms with van der Waals surface area (Å²) in [7, 11) is 1.50. The minimum Gasteiger partial charge on any atom is -0.378 e. The molecule has 1 fully saturated rings. The summed E-state index contributed by atoms with van der Waals surface area (Å²) in [6.45, 7) is 4.80. The molecule has 31 heavy (non-hydrogen) atoms. The van der Waals surface area contributed by atoms with E-state index in [1.807, 2.05) is 25.1 Å². The summed E-state index contributed by atoms with van der Waals surface area (Å²) in [4.78, 5) is 35.0. The van der Waals surface area contributed by atoms with Gasteiger partial charge >= 0.3 is 0 Å². The second kappa shape index (κ2) is 8.92. The molecule has 0 aliphatic carbocycles. The Balaban J connectivity index is 1.43. The maximum atomic E-state index is 12.3. The first kappa shape index (κ1) is 20.5. The van der Waals surface area contributed by atoms with Gasteiger partial charge in [-0.15, -0.1) is 0 Å². The Morgan fingerprint density at radius 1 is 1.03 bits per heavy atom. The fraction of sp³-hybridized carbons (Fsp3) is 0.286. The van der Waals surface area contributed by atoms with Crippen molar-refractivity contribution < 1.29 is 9.53 Å². The van der Waals surface area contributed by atoms with Crippen molar-refractivity contribution in [1.29, 1.82) is 0 Å². The first-order valence-corrected chi connectivity index (χ1v) is 9.89. The highest BCUT2D eigenvalue weighted by Gasteiger charge is 2.15. The van der Waals surface area contributed by atoms with Crippen LogP contribution in [0.1, 0.15) is 16.2 Å². The van der Waals surface area contributed by atoms with Gasteiger partial charge in [0, 0.05) is 49.3 Å². The van der Waals surface area contributed by atoms with Crippen LogP contribution in [-0.2, 0) is 11.8 Å². The Labute approximate surface area is 178 Å². The number of nitrogens with one attached hydrogen (secondary N) is 2. The third-order valence-electron chi connectivity index (χ3n) is 4.74. The van der Waals surface area contributed by atoms with Gasteiger partial charge in [0.25, 0.3) is 11.5 Å². The normalized spacial score (nSPS) is 13.7. The highest BCUT2D eigenvalue weighted by Crippen LogP contribution is 2.21. The molecule has 0 radical (unpaired) electrons. The molecule has 2 aromatic heterocycles. The van der Waals surface area contributed by atoms with Crippen LogP contribution in [0.15, 0.2) is 47.3 Å². The Kier molecular flexibility index (Phi) is 5.89. The van der Waals surface area contributed by atoms with E-state index in [9.17, 15) is 9.59 Å². The van der Waals surface area contributed by atoms with Crippen molar-refractivity contribution in [3.63, 3.8) is 0 Å². The Bertz CT molecular complexity index is 1140. The molecule has 1 aliphatic heterocycles. The van der Waals surface area contributed by atoms with Crippen molar-refractivity contribution in [3.05, 3.63) is 64.2 Å². The molecule has 0 unspecified atom stereocenters. The van der Waals surface area contributed by atoms with E-state index in [4.69, 9.17) is 4.74 Å². The predicted molar refractivity (Wildman–Crippen MR) is 117 cm³/mol. The largest absolute Gasteiger partial charge is 0.378 e. The molecular weight excluding hydrogens is 398 g/mol. The van der Waals surface area contributed by atoms with Gasteiger partial charge in [0.1, 0.15) is 11.5 Å². The molecule has 1 saturated heterocycles. The van der Waals surface area contributed by atoms with Gasteiger partial charge in [0.15, 0.2) is 0 Å². The van der Waals surface area contributed by atoms with Crippen LogP contribution < -0.4 is 21.1 Å². The van der Waals surface area contributed by atoms with Crippen molar-refractivity contribution in [2.24, 2.45) is 7.05 Å². The van der Waals surface area contributed by atoms with Gasteiger partial charge in [-0.1, -0.05) is 0 Å². The van der Waals surface area contributed by atoms with Crippen LogP contribution in [-0.4, -0.2) is 52.0 Å². The van der Waals surface area contributed by atoms with Crippen LogP contribution in [0.3, 0.4) is 0 Å².